The molecule has 0 aromatic heterocycles. The second kappa shape index (κ2) is 7.83. The molecule has 4 nitrogen and oxygen atoms in total. The van der Waals surface area contributed by atoms with Crippen LogP contribution in [0.5, 0.6) is 0 Å². The zero-order valence-electron chi connectivity index (χ0n) is 13.8. The Morgan fingerprint density at radius 1 is 1.12 bits per heavy atom. The zero-order valence-corrected chi connectivity index (χ0v) is 14.6. The molecule has 1 unspecified atom stereocenters. The number of rotatable bonds is 3. The molecule has 136 valence electrons. The van der Waals surface area contributed by atoms with E-state index in [-0.39, 0.29) is 24.0 Å². The van der Waals surface area contributed by atoms with Crippen LogP contribution in [0, 0.1) is 17.6 Å². The van der Waals surface area contributed by atoms with Gasteiger partial charge in [-0.2, -0.15) is 0 Å². The molecule has 0 saturated carbocycles. The van der Waals surface area contributed by atoms with E-state index in [1.165, 1.54) is 6.07 Å². The molecule has 2 amide bonds. The van der Waals surface area contributed by atoms with Gasteiger partial charge >= 0.3 is 0 Å². The smallest absolute Gasteiger partial charge is 0.253 e. The van der Waals surface area contributed by atoms with Crippen LogP contribution in [-0.2, 0) is 4.79 Å². The minimum Gasteiger partial charge on any atom is -0.338 e. The molecule has 1 heterocycles. The number of hydrogen-bond acceptors (Lipinski definition) is 2. The van der Waals surface area contributed by atoms with Crippen LogP contribution >= 0.6 is 11.6 Å². The van der Waals surface area contributed by atoms with Gasteiger partial charge in [0.05, 0.1) is 11.6 Å². The minimum atomic E-state index is -0.830. The van der Waals surface area contributed by atoms with Crippen LogP contribution in [0.4, 0.5) is 14.5 Å². The van der Waals surface area contributed by atoms with Crippen molar-refractivity contribution in [3.63, 3.8) is 0 Å². The number of likely N-dealkylation sites (tertiary alicyclic amines) is 1. The van der Waals surface area contributed by atoms with Gasteiger partial charge in [-0.05, 0) is 49.2 Å². The lowest BCUT2D eigenvalue weighted by atomic mass is 9.96. The van der Waals surface area contributed by atoms with E-state index in [0.717, 1.165) is 6.07 Å². The normalized spacial score (nSPS) is 17.0. The van der Waals surface area contributed by atoms with Gasteiger partial charge in [-0.1, -0.05) is 11.6 Å². The Hall–Kier alpha value is -2.47. The van der Waals surface area contributed by atoms with E-state index < -0.39 is 17.6 Å². The molecule has 0 spiro atoms. The Morgan fingerprint density at radius 3 is 2.54 bits per heavy atom. The molecule has 1 atom stereocenters. The number of piperidine rings is 1. The molecule has 3 rings (SSSR count). The molecule has 1 aliphatic rings. The van der Waals surface area contributed by atoms with Gasteiger partial charge in [0.2, 0.25) is 5.91 Å². The molecule has 1 N–H and O–H groups in total. The van der Waals surface area contributed by atoms with Crippen LogP contribution < -0.4 is 5.32 Å². The molecular weight excluding hydrogens is 362 g/mol. The zero-order chi connectivity index (χ0) is 18.7. The van der Waals surface area contributed by atoms with Crippen LogP contribution in [-0.4, -0.2) is 29.8 Å². The van der Waals surface area contributed by atoms with Crippen molar-refractivity contribution in [1.82, 2.24) is 4.90 Å². The first-order chi connectivity index (χ1) is 12.4. The molecule has 2 aromatic carbocycles. The predicted molar refractivity (Wildman–Crippen MR) is 95.1 cm³/mol. The maximum absolute atomic E-state index is 13.7. The Labute approximate surface area is 154 Å². The van der Waals surface area contributed by atoms with Crippen molar-refractivity contribution in [3.8, 4) is 0 Å². The summed E-state index contributed by atoms with van der Waals surface area (Å²) in [6.07, 6.45) is 1.27. The number of nitrogens with zero attached hydrogens (tertiary/aromatic N) is 1. The van der Waals surface area contributed by atoms with Gasteiger partial charge in [-0.25, -0.2) is 8.78 Å². The fourth-order valence-electron chi connectivity index (χ4n) is 2.98. The average molecular weight is 379 g/mol. The SMILES string of the molecule is O=C(Nc1ccc(F)cc1F)C1CCCN(C(=O)c2ccc(Cl)cc2)C1. The first-order valence-corrected chi connectivity index (χ1v) is 8.62. The summed E-state index contributed by atoms with van der Waals surface area (Å²) < 4.78 is 26.7. The second-order valence-electron chi connectivity index (χ2n) is 6.21. The summed E-state index contributed by atoms with van der Waals surface area (Å²) in [6.45, 7) is 0.798. The highest BCUT2D eigenvalue weighted by Gasteiger charge is 2.29. The summed E-state index contributed by atoms with van der Waals surface area (Å²) in [5.74, 6) is -2.55. The molecule has 2 aromatic rings. The Morgan fingerprint density at radius 2 is 1.85 bits per heavy atom. The topological polar surface area (TPSA) is 49.4 Å². The van der Waals surface area contributed by atoms with E-state index in [9.17, 15) is 18.4 Å². The van der Waals surface area contributed by atoms with Gasteiger partial charge in [0.25, 0.3) is 5.91 Å². The first-order valence-electron chi connectivity index (χ1n) is 8.25. The van der Waals surface area contributed by atoms with Crippen LogP contribution in [0.25, 0.3) is 0 Å². The van der Waals surface area contributed by atoms with Crippen LogP contribution in [0.3, 0.4) is 0 Å². The van der Waals surface area contributed by atoms with Crippen LogP contribution in [0.2, 0.25) is 5.02 Å². The van der Waals surface area contributed by atoms with E-state index >= 15 is 0 Å². The summed E-state index contributed by atoms with van der Waals surface area (Å²) in [5.41, 5.74) is 0.428. The highest BCUT2D eigenvalue weighted by atomic mass is 35.5. The summed E-state index contributed by atoms with van der Waals surface area (Å²) >= 11 is 5.83. The molecule has 7 heteroatoms. The number of amides is 2. The number of halogens is 3. The maximum atomic E-state index is 13.7. The molecule has 0 radical (unpaired) electrons. The van der Waals surface area contributed by atoms with E-state index in [1.807, 2.05) is 0 Å². The number of carbonyl (C=O) groups is 2. The maximum Gasteiger partial charge on any atom is 0.253 e. The van der Waals surface area contributed by atoms with E-state index in [2.05, 4.69) is 5.32 Å². The van der Waals surface area contributed by atoms with Gasteiger partial charge in [0, 0.05) is 29.7 Å². The first kappa shape index (κ1) is 18.3. The van der Waals surface area contributed by atoms with Crippen LogP contribution in [0.15, 0.2) is 42.5 Å². The monoisotopic (exact) mass is 378 g/mol. The molecule has 1 fully saturated rings. The summed E-state index contributed by atoms with van der Waals surface area (Å²) in [5, 5.41) is 3.02. The van der Waals surface area contributed by atoms with Gasteiger partial charge in [-0.3, -0.25) is 9.59 Å². The van der Waals surface area contributed by atoms with E-state index in [1.54, 1.807) is 29.2 Å². The van der Waals surface area contributed by atoms with Crippen molar-refractivity contribution in [2.45, 2.75) is 12.8 Å². The average Bonchev–Trinajstić information content (AvgIpc) is 2.64. The van der Waals surface area contributed by atoms with Gasteiger partial charge < -0.3 is 10.2 Å². The van der Waals surface area contributed by atoms with E-state index in [4.69, 9.17) is 11.6 Å². The third-order valence-corrected chi connectivity index (χ3v) is 4.61. The summed E-state index contributed by atoms with van der Waals surface area (Å²) in [7, 11) is 0. The third kappa shape index (κ3) is 4.19. The van der Waals surface area contributed by atoms with Gasteiger partial charge in [-0.15, -0.1) is 0 Å². The number of carbonyl (C=O) groups excluding carboxylic acids is 2. The summed E-state index contributed by atoms with van der Waals surface area (Å²) in [6, 6.07) is 9.54. The third-order valence-electron chi connectivity index (χ3n) is 4.36. The number of hydrogen-bond donors (Lipinski definition) is 1. The fraction of sp³-hybridized carbons (Fsp3) is 0.263. The van der Waals surface area contributed by atoms with Crippen molar-refractivity contribution in [2.24, 2.45) is 5.92 Å². The van der Waals surface area contributed by atoms with Crippen molar-refractivity contribution in [2.75, 3.05) is 18.4 Å². The largest absolute Gasteiger partial charge is 0.338 e. The molecule has 26 heavy (non-hydrogen) atoms. The van der Waals surface area contributed by atoms with Gasteiger partial charge in [0.1, 0.15) is 11.6 Å². The number of nitrogens with one attached hydrogen (secondary N) is 1. The Balaban J connectivity index is 1.66. The van der Waals surface area contributed by atoms with Crippen LogP contribution in [0.1, 0.15) is 23.2 Å². The van der Waals surface area contributed by atoms with Crippen molar-refractivity contribution < 1.29 is 18.4 Å². The lowest BCUT2D eigenvalue weighted by Crippen LogP contribution is -2.43. The molecule has 0 aliphatic carbocycles. The van der Waals surface area contributed by atoms with Gasteiger partial charge in [0.15, 0.2) is 0 Å². The van der Waals surface area contributed by atoms with E-state index in [0.29, 0.717) is 36.0 Å². The lowest BCUT2D eigenvalue weighted by molar-refractivity contribution is -0.121. The molecule has 0 bridgehead atoms. The standard InChI is InChI=1S/C19H17ClF2N2O2/c20-14-5-3-12(4-6-14)19(26)24-9-1-2-13(11-24)18(25)23-17-8-7-15(21)10-16(17)22/h3-8,10,13H,1-2,9,11H2,(H,23,25). The summed E-state index contributed by atoms with van der Waals surface area (Å²) in [4.78, 5) is 26.6. The quantitative estimate of drug-likeness (QED) is 0.873. The Kier molecular flexibility index (Phi) is 5.52. The fourth-order valence-corrected chi connectivity index (χ4v) is 3.10. The highest BCUT2D eigenvalue weighted by molar-refractivity contribution is 6.30. The highest BCUT2D eigenvalue weighted by Crippen LogP contribution is 2.22. The Bertz CT molecular complexity index is 827. The van der Waals surface area contributed by atoms with Crippen molar-refractivity contribution in [3.05, 3.63) is 64.7 Å². The lowest BCUT2D eigenvalue weighted by Gasteiger charge is -2.32. The molecular formula is C19H17ClF2N2O2. The second-order valence-corrected chi connectivity index (χ2v) is 6.65. The van der Waals surface area contributed by atoms with Crippen molar-refractivity contribution >= 4 is 29.1 Å². The molecule has 1 saturated heterocycles. The predicted octanol–water partition coefficient (Wildman–Crippen LogP) is 4.11. The minimum absolute atomic E-state index is 0.0717. The van der Waals surface area contributed by atoms with Crippen molar-refractivity contribution in [1.29, 1.82) is 0 Å². The number of benzene rings is 2. The number of anilines is 1. The molecule has 1 aliphatic heterocycles.